The number of rotatable bonds is 8. The quantitative estimate of drug-likeness (QED) is 0.610. The van der Waals surface area contributed by atoms with Crippen LogP contribution in [0.4, 0.5) is 0 Å². The van der Waals surface area contributed by atoms with Gasteiger partial charge in [-0.1, -0.05) is 6.92 Å². The van der Waals surface area contributed by atoms with E-state index in [9.17, 15) is 8.42 Å². The molecule has 0 amide bonds. The monoisotopic (exact) mass is 406 g/mol. The van der Waals surface area contributed by atoms with Crippen LogP contribution in [0.3, 0.4) is 0 Å². The summed E-state index contributed by atoms with van der Waals surface area (Å²) in [6.07, 6.45) is 2.10. The summed E-state index contributed by atoms with van der Waals surface area (Å²) in [5.74, 6) is 1.94. The zero-order valence-electron chi connectivity index (χ0n) is 16.1. The molecule has 0 atom stereocenters. The molecule has 0 fully saturated rings. The lowest BCUT2D eigenvalue weighted by Crippen LogP contribution is -2.23. The average molecular weight is 406 g/mol. The lowest BCUT2D eigenvalue weighted by Gasteiger charge is -2.11. The summed E-state index contributed by atoms with van der Waals surface area (Å²) >= 11 is 0. The molecule has 0 aliphatic heterocycles. The first-order valence-electron chi connectivity index (χ1n) is 8.57. The number of sulfonamides is 1. The van der Waals surface area contributed by atoms with Crippen molar-refractivity contribution in [2.75, 3.05) is 14.2 Å². The van der Waals surface area contributed by atoms with Crippen molar-refractivity contribution in [1.29, 1.82) is 0 Å². The largest absolute Gasteiger partial charge is 0.497 e. The summed E-state index contributed by atoms with van der Waals surface area (Å²) in [7, 11) is 1.02. The highest BCUT2D eigenvalue weighted by molar-refractivity contribution is 7.89. The molecule has 0 unspecified atom stereocenters. The van der Waals surface area contributed by atoms with E-state index in [0.29, 0.717) is 35.1 Å². The minimum atomic E-state index is -3.77. The first-order chi connectivity index (χ1) is 13.4. The average Bonchev–Trinajstić information content (AvgIpc) is 3.32. The molecule has 1 aromatic carbocycles. The van der Waals surface area contributed by atoms with Crippen molar-refractivity contribution < 1.29 is 22.3 Å². The van der Waals surface area contributed by atoms with Crippen molar-refractivity contribution in [3.63, 3.8) is 0 Å². The predicted molar refractivity (Wildman–Crippen MR) is 102 cm³/mol. The van der Waals surface area contributed by atoms with Crippen LogP contribution in [0.25, 0.3) is 11.6 Å². The molecule has 150 valence electrons. The number of nitrogens with one attached hydrogen (secondary N) is 1. The molecule has 0 radical (unpaired) electrons. The van der Waals surface area contributed by atoms with Crippen LogP contribution >= 0.6 is 0 Å². The van der Waals surface area contributed by atoms with Crippen molar-refractivity contribution >= 4 is 10.0 Å². The summed E-state index contributed by atoms with van der Waals surface area (Å²) in [4.78, 5) is 0.100. The van der Waals surface area contributed by atoms with Crippen molar-refractivity contribution in [1.82, 2.24) is 19.5 Å². The van der Waals surface area contributed by atoms with E-state index < -0.39 is 10.0 Å². The molecular weight excluding hydrogens is 384 g/mol. The van der Waals surface area contributed by atoms with Gasteiger partial charge in [0.05, 0.1) is 14.2 Å². The summed E-state index contributed by atoms with van der Waals surface area (Å²) < 4.78 is 45.7. The molecule has 0 saturated heterocycles. The molecule has 28 heavy (non-hydrogen) atoms. The molecule has 3 rings (SSSR count). The molecule has 0 saturated carbocycles. The van der Waals surface area contributed by atoms with E-state index in [-0.39, 0.29) is 17.3 Å². The molecule has 2 aromatic heterocycles. The van der Waals surface area contributed by atoms with Gasteiger partial charge in [0.1, 0.15) is 22.1 Å². The van der Waals surface area contributed by atoms with Gasteiger partial charge in [-0.2, -0.15) is 0 Å². The number of hydrogen-bond acceptors (Lipinski definition) is 7. The van der Waals surface area contributed by atoms with Crippen molar-refractivity contribution in [3.05, 3.63) is 41.9 Å². The number of ether oxygens (including phenoxy) is 2. The zero-order chi connectivity index (χ0) is 20.3. The summed E-state index contributed by atoms with van der Waals surface area (Å²) in [5, 5.41) is 7.88. The Labute approximate surface area is 163 Å². The third-order valence-electron chi connectivity index (χ3n) is 4.22. The first kappa shape index (κ1) is 19.9. The van der Waals surface area contributed by atoms with Crippen LogP contribution in [0.1, 0.15) is 18.4 Å². The van der Waals surface area contributed by atoms with Crippen LogP contribution in [-0.4, -0.2) is 37.4 Å². The predicted octanol–water partition coefficient (Wildman–Crippen LogP) is 2.13. The van der Waals surface area contributed by atoms with E-state index in [4.69, 9.17) is 13.9 Å². The second-order valence-corrected chi connectivity index (χ2v) is 7.80. The maximum Gasteiger partial charge on any atom is 0.264 e. The third kappa shape index (κ3) is 4.02. The van der Waals surface area contributed by atoms with E-state index in [0.717, 1.165) is 0 Å². The second-order valence-electron chi connectivity index (χ2n) is 6.03. The summed E-state index contributed by atoms with van der Waals surface area (Å²) in [6, 6.07) is 6.69. The number of aromatic nitrogens is 3. The molecule has 9 nitrogen and oxygen atoms in total. The van der Waals surface area contributed by atoms with E-state index >= 15 is 0 Å². The van der Waals surface area contributed by atoms with Gasteiger partial charge in [0.2, 0.25) is 15.9 Å². The minimum Gasteiger partial charge on any atom is -0.497 e. The van der Waals surface area contributed by atoms with Crippen LogP contribution in [0, 0.1) is 0 Å². The van der Waals surface area contributed by atoms with Gasteiger partial charge < -0.3 is 18.5 Å². The molecule has 0 bridgehead atoms. The Morgan fingerprint density at radius 2 is 1.96 bits per heavy atom. The van der Waals surface area contributed by atoms with Crippen LogP contribution < -0.4 is 14.2 Å². The maximum atomic E-state index is 12.8. The van der Waals surface area contributed by atoms with Gasteiger partial charge in [-0.15, -0.1) is 10.2 Å². The van der Waals surface area contributed by atoms with Gasteiger partial charge in [-0.05, 0) is 24.3 Å². The van der Waals surface area contributed by atoms with Crippen LogP contribution in [0.15, 0.2) is 39.8 Å². The van der Waals surface area contributed by atoms with Gasteiger partial charge >= 0.3 is 0 Å². The van der Waals surface area contributed by atoms with Gasteiger partial charge in [0, 0.05) is 31.8 Å². The Hall–Kier alpha value is -2.85. The number of hydrogen-bond donors (Lipinski definition) is 1. The van der Waals surface area contributed by atoms with E-state index in [1.807, 2.05) is 6.92 Å². The molecule has 3 aromatic rings. The number of nitrogens with zero attached hydrogens (tertiary/aromatic N) is 3. The lowest BCUT2D eigenvalue weighted by atomic mass is 10.2. The molecular formula is C18H22N4O5S. The van der Waals surface area contributed by atoms with Gasteiger partial charge in [-0.3, -0.25) is 0 Å². The van der Waals surface area contributed by atoms with Crippen molar-refractivity contribution in [3.8, 4) is 23.1 Å². The molecule has 0 aliphatic carbocycles. The molecule has 1 N–H and O–H groups in total. The number of benzene rings is 1. The zero-order valence-corrected chi connectivity index (χ0v) is 16.9. The fraction of sp³-hybridized carbons (Fsp3) is 0.333. The van der Waals surface area contributed by atoms with E-state index in [1.54, 1.807) is 36.9 Å². The Kier molecular flexibility index (Phi) is 5.71. The van der Waals surface area contributed by atoms with Crippen LogP contribution in [-0.2, 0) is 30.0 Å². The normalized spacial score (nSPS) is 11.6. The standard InChI is InChI=1S/C18H22N4O5S/c1-5-17-20-21-18(27-17)15-9-14(11-22(15)2)28(23,24)19-10-12-8-13(25-3)6-7-16(12)26-4/h6-9,11,19H,5,10H2,1-4H3. The Bertz CT molecular complexity index is 1070. The Morgan fingerprint density at radius 3 is 2.61 bits per heavy atom. The Morgan fingerprint density at radius 1 is 1.18 bits per heavy atom. The number of methoxy groups -OCH3 is 2. The molecule has 10 heteroatoms. The van der Waals surface area contributed by atoms with Crippen LogP contribution in [0.2, 0.25) is 0 Å². The molecule has 2 heterocycles. The van der Waals surface area contributed by atoms with E-state index in [2.05, 4.69) is 14.9 Å². The SMILES string of the molecule is CCc1nnc(-c2cc(S(=O)(=O)NCc3cc(OC)ccc3OC)cn2C)o1. The lowest BCUT2D eigenvalue weighted by molar-refractivity contribution is 0.398. The third-order valence-corrected chi connectivity index (χ3v) is 5.59. The molecule has 0 spiro atoms. The highest BCUT2D eigenvalue weighted by Crippen LogP contribution is 2.26. The number of aryl methyl sites for hydroxylation is 2. The Balaban J connectivity index is 1.83. The first-order valence-corrected chi connectivity index (χ1v) is 10.1. The van der Waals surface area contributed by atoms with E-state index in [1.165, 1.54) is 19.4 Å². The van der Waals surface area contributed by atoms with Gasteiger partial charge in [-0.25, -0.2) is 13.1 Å². The maximum absolute atomic E-state index is 12.8. The summed E-state index contributed by atoms with van der Waals surface area (Å²) in [5.41, 5.74) is 1.18. The van der Waals surface area contributed by atoms with Crippen molar-refractivity contribution in [2.45, 2.75) is 24.8 Å². The highest BCUT2D eigenvalue weighted by Gasteiger charge is 2.21. The fourth-order valence-electron chi connectivity index (χ4n) is 2.67. The van der Waals surface area contributed by atoms with Crippen molar-refractivity contribution in [2.24, 2.45) is 7.05 Å². The fourth-order valence-corrected chi connectivity index (χ4v) is 3.75. The smallest absolute Gasteiger partial charge is 0.264 e. The van der Waals surface area contributed by atoms with Gasteiger partial charge in [0.25, 0.3) is 5.89 Å². The van der Waals surface area contributed by atoms with Crippen LogP contribution in [0.5, 0.6) is 11.5 Å². The highest BCUT2D eigenvalue weighted by atomic mass is 32.2. The second kappa shape index (κ2) is 8.03. The topological polar surface area (TPSA) is 108 Å². The summed E-state index contributed by atoms with van der Waals surface area (Å²) in [6.45, 7) is 1.95. The minimum absolute atomic E-state index is 0.0491. The van der Waals surface area contributed by atoms with Gasteiger partial charge in [0.15, 0.2) is 0 Å². The molecule has 0 aliphatic rings.